The van der Waals surface area contributed by atoms with Gasteiger partial charge in [-0.25, -0.2) is 4.98 Å². The maximum absolute atomic E-state index is 11.6. The highest BCUT2D eigenvalue weighted by Crippen LogP contribution is 2.27. The Bertz CT molecular complexity index is 574. The van der Waals surface area contributed by atoms with Gasteiger partial charge in [0, 0.05) is 25.1 Å². The topological polar surface area (TPSA) is 58.4 Å². The van der Waals surface area contributed by atoms with Gasteiger partial charge in [-0.15, -0.1) is 0 Å². The van der Waals surface area contributed by atoms with Crippen LogP contribution in [0.1, 0.15) is 18.4 Å². The number of pyridine rings is 1. The van der Waals surface area contributed by atoms with Crippen LogP contribution in [0.3, 0.4) is 0 Å². The van der Waals surface area contributed by atoms with Crippen molar-refractivity contribution in [1.82, 2.24) is 20.0 Å². The Hall–Kier alpha value is -1.88. The first-order valence-corrected chi connectivity index (χ1v) is 6.70. The number of fused-ring (bicyclic) bond motifs is 1. The molecule has 3 rings (SSSR count). The summed E-state index contributed by atoms with van der Waals surface area (Å²) < 4.78 is 1.95. The van der Waals surface area contributed by atoms with Crippen LogP contribution in [0, 0.1) is 5.92 Å². The van der Waals surface area contributed by atoms with Gasteiger partial charge in [0.25, 0.3) is 0 Å². The van der Waals surface area contributed by atoms with E-state index in [1.54, 1.807) is 6.20 Å². The van der Waals surface area contributed by atoms with Gasteiger partial charge in [0.1, 0.15) is 5.65 Å². The molecule has 0 aliphatic heterocycles. The van der Waals surface area contributed by atoms with Crippen LogP contribution in [0.2, 0.25) is 0 Å². The lowest BCUT2D eigenvalue weighted by atomic mass is 10.2. The fourth-order valence-corrected chi connectivity index (χ4v) is 2.04. The quantitative estimate of drug-likeness (QED) is 0.811. The second-order valence-electron chi connectivity index (χ2n) is 5.08. The van der Waals surface area contributed by atoms with E-state index >= 15 is 0 Å². The lowest BCUT2D eigenvalue weighted by Crippen LogP contribution is -2.34. The van der Waals surface area contributed by atoms with Gasteiger partial charge in [0.05, 0.1) is 6.54 Å². The van der Waals surface area contributed by atoms with Crippen molar-refractivity contribution in [2.24, 2.45) is 5.92 Å². The molecule has 0 aromatic carbocycles. The van der Waals surface area contributed by atoms with Crippen LogP contribution >= 0.6 is 0 Å². The van der Waals surface area contributed by atoms with Crippen molar-refractivity contribution < 1.29 is 4.79 Å². The van der Waals surface area contributed by atoms with Crippen molar-refractivity contribution in [3.05, 3.63) is 36.3 Å². The highest BCUT2D eigenvalue weighted by Gasteiger charge is 2.20. The van der Waals surface area contributed by atoms with E-state index in [1.807, 2.05) is 28.9 Å². The van der Waals surface area contributed by atoms with Crippen molar-refractivity contribution in [2.75, 3.05) is 13.1 Å². The monoisotopic (exact) mass is 258 g/mol. The van der Waals surface area contributed by atoms with Crippen molar-refractivity contribution in [1.29, 1.82) is 0 Å². The summed E-state index contributed by atoms with van der Waals surface area (Å²) in [5.74, 6) is 0.847. The molecule has 2 heterocycles. The van der Waals surface area contributed by atoms with E-state index < -0.39 is 0 Å². The molecule has 1 fully saturated rings. The second kappa shape index (κ2) is 5.40. The van der Waals surface area contributed by atoms with Crippen molar-refractivity contribution >= 4 is 11.6 Å². The molecule has 0 radical (unpaired) electrons. The van der Waals surface area contributed by atoms with E-state index in [1.165, 1.54) is 12.8 Å². The Morgan fingerprint density at radius 3 is 3.16 bits per heavy atom. The molecule has 1 aliphatic carbocycles. The number of rotatable bonds is 6. The number of amides is 1. The minimum Gasteiger partial charge on any atom is -0.351 e. The molecule has 0 saturated heterocycles. The number of nitrogens with one attached hydrogen (secondary N) is 2. The largest absolute Gasteiger partial charge is 0.351 e. The van der Waals surface area contributed by atoms with Crippen LogP contribution in [0.5, 0.6) is 0 Å². The van der Waals surface area contributed by atoms with E-state index in [-0.39, 0.29) is 5.91 Å². The second-order valence-corrected chi connectivity index (χ2v) is 5.08. The van der Waals surface area contributed by atoms with Gasteiger partial charge in [-0.05, 0) is 43.0 Å². The normalized spacial score (nSPS) is 14.7. The van der Waals surface area contributed by atoms with Crippen LogP contribution in [-0.4, -0.2) is 28.4 Å². The maximum Gasteiger partial charge on any atom is 0.234 e. The van der Waals surface area contributed by atoms with Crippen molar-refractivity contribution in [2.45, 2.75) is 19.4 Å². The predicted octanol–water partition coefficient (Wildman–Crippen LogP) is 0.950. The first-order chi connectivity index (χ1) is 9.31. The molecule has 100 valence electrons. The van der Waals surface area contributed by atoms with Gasteiger partial charge < -0.3 is 15.0 Å². The summed E-state index contributed by atoms with van der Waals surface area (Å²) in [6, 6.07) is 3.98. The number of carbonyl (C=O) groups is 1. The maximum atomic E-state index is 11.6. The zero-order valence-corrected chi connectivity index (χ0v) is 10.8. The molecule has 0 bridgehead atoms. The third-order valence-electron chi connectivity index (χ3n) is 3.37. The number of imidazole rings is 1. The Labute approximate surface area is 112 Å². The van der Waals surface area contributed by atoms with Crippen LogP contribution in [0.15, 0.2) is 30.7 Å². The minimum atomic E-state index is 0.0452. The molecular weight excluding hydrogens is 240 g/mol. The van der Waals surface area contributed by atoms with Gasteiger partial charge in [-0.1, -0.05) is 0 Å². The summed E-state index contributed by atoms with van der Waals surface area (Å²) in [6.45, 7) is 1.92. The smallest absolute Gasteiger partial charge is 0.234 e. The van der Waals surface area contributed by atoms with Crippen molar-refractivity contribution in [3.8, 4) is 0 Å². The first kappa shape index (κ1) is 12.2. The molecule has 1 amide bonds. The molecule has 5 nitrogen and oxygen atoms in total. The molecule has 0 spiro atoms. The third kappa shape index (κ3) is 3.32. The van der Waals surface area contributed by atoms with Crippen molar-refractivity contribution in [3.63, 3.8) is 0 Å². The number of aromatic nitrogens is 2. The predicted molar refractivity (Wildman–Crippen MR) is 72.6 cm³/mol. The van der Waals surface area contributed by atoms with Gasteiger partial charge in [0.15, 0.2) is 0 Å². The summed E-state index contributed by atoms with van der Waals surface area (Å²) in [5, 5.41) is 6.09. The fourth-order valence-electron chi connectivity index (χ4n) is 2.04. The van der Waals surface area contributed by atoms with Gasteiger partial charge in [-0.3, -0.25) is 4.79 Å². The molecular formula is C14H18N4O. The third-order valence-corrected chi connectivity index (χ3v) is 3.37. The van der Waals surface area contributed by atoms with E-state index in [4.69, 9.17) is 0 Å². The fraction of sp³-hybridized carbons (Fsp3) is 0.429. The van der Waals surface area contributed by atoms with Gasteiger partial charge in [-0.2, -0.15) is 0 Å². The molecule has 2 N–H and O–H groups in total. The average Bonchev–Trinajstić information content (AvgIpc) is 3.12. The number of nitrogens with zero attached hydrogens (tertiary/aromatic N) is 2. The zero-order valence-electron chi connectivity index (χ0n) is 10.8. The Morgan fingerprint density at radius 2 is 2.32 bits per heavy atom. The number of hydrogen-bond acceptors (Lipinski definition) is 3. The van der Waals surface area contributed by atoms with E-state index in [2.05, 4.69) is 15.6 Å². The number of hydrogen-bond donors (Lipinski definition) is 2. The Kier molecular flexibility index (Phi) is 3.46. The highest BCUT2D eigenvalue weighted by molar-refractivity contribution is 5.78. The SMILES string of the molecule is O=C(CNCC1CC1)NCc1ccn2ccnc2c1. The first-order valence-electron chi connectivity index (χ1n) is 6.70. The van der Waals surface area contributed by atoms with Gasteiger partial charge in [0.2, 0.25) is 5.91 Å². The Balaban J connectivity index is 1.46. The summed E-state index contributed by atoms with van der Waals surface area (Å²) >= 11 is 0. The number of carbonyl (C=O) groups excluding carboxylic acids is 1. The standard InChI is InChI=1S/C14H18N4O/c19-14(10-15-8-11-1-2-11)17-9-12-3-5-18-6-4-16-13(18)7-12/h3-7,11,15H,1-2,8-10H2,(H,17,19). The molecule has 5 heteroatoms. The van der Waals surface area contributed by atoms with Crippen LogP contribution in [0.25, 0.3) is 5.65 Å². The molecule has 2 aromatic rings. The van der Waals surface area contributed by atoms with Crippen LogP contribution in [0.4, 0.5) is 0 Å². The minimum absolute atomic E-state index is 0.0452. The Morgan fingerprint density at radius 1 is 1.42 bits per heavy atom. The molecule has 1 aliphatic rings. The van der Waals surface area contributed by atoms with E-state index in [9.17, 15) is 4.79 Å². The summed E-state index contributed by atoms with van der Waals surface area (Å²) in [5.41, 5.74) is 1.97. The molecule has 0 unspecified atom stereocenters. The molecule has 2 aromatic heterocycles. The summed E-state index contributed by atoms with van der Waals surface area (Å²) in [4.78, 5) is 15.9. The lowest BCUT2D eigenvalue weighted by Gasteiger charge is -2.06. The lowest BCUT2D eigenvalue weighted by molar-refractivity contribution is -0.120. The summed E-state index contributed by atoms with van der Waals surface area (Å²) in [7, 11) is 0. The molecule has 0 atom stereocenters. The average molecular weight is 258 g/mol. The van der Waals surface area contributed by atoms with E-state index in [0.29, 0.717) is 13.1 Å². The van der Waals surface area contributed by atoms with Crippen LogP contribution < -0.4 is 10.6 Å². The van der Waals surface area contributed by atoms with Crippen LogP contribution in [-0.2, 0) is 11.3 Å². The zero-order chi connectivity index (χ0) is 13.1. The van der Waals surface area contributed by atoms with E-state index in [0.717, 1.165) is 23.7 Å². The highest BCUT2D eigenvalue weighted by atomic mass is 16.1. The van der Waals surface area contributed by atoms with Gasteiger partial charge >= 0.3 is 0 Å². The molecule has 1 saturated carbocycles. The molecule has 19 heavy (non-hydrogen) atoms. The summed E-state index contributed by atoms with van der Waals surface area (Å²) in [6.07, 6.45) is 8.23.